The van der Waals surface area contributed by atoms with Crippen LogP contribution < -0.4 is 5.32 Å². The molecule has 2 nitrogen and oxygen atoms in total. The highest BCUT2D eigenvalue weighted by Crippen LogP contribution is 2.39. The molecule has 6 heteroatoms. The molecule has 1 aromatic heterocycles. The molecular formula is C13H19F3N2S. The van der Waals surface area contributed by atoms with Crippen LogP contribution in [0.1, 0.15) is 54.8 Å². The van der Waals surface area contributed by atoms with Crippen molar-refractivity contribution in [3.63, 3.8) is 0 Å². The van der Waals surface area contributed by atoms with Crippen molar-refractivity contribution in [1.29, 1.82) is 0 Å². The summed E-state index contributed by atoms with van der Waals surface area (Å²) in [7, 11) is 0. The van der Waals surface area contributed by atoms with Gasteiger partial charge in [-0.2, -0.15) is 13.2 Å². The number of hydrogen-bond donors (Lipinski definition) is 1. The smallest absolute Gasteiger partial charge is 0.314 e. The van der Waals surface area contributed by atoms with Crippen LogP contribution in [-0.4, -0.2) is 17.6 Å². The Morgan fingerprint density at radius 3 is 2.68 bits per heavy atom. The molecule has 0 bridgehead atoms. The van der Waals surface area contributed by atoms with Gasteiger partial charge in [-0.3, -0.25) is 0 Å². The van der Waals surface area contributed by atoms with Crippen LogP contribution in [0.4, 0.5) is 13.2 Å². The van der Waals surface area contributed by atoms with Crippen LogP contribution >= 0.6 is 11.3 Å². The monoisotopic (exact) mass is 292 g/mol. The summed E-state index contributed by atoms with van der Waals surface area (Å²) in [5.41, 5.74) is 0. The maximum absolute atomic E-state index is 12.6. The fourth-order valence-electron chi connectivity index (χ4n) is 2.74. The van der Waals surface area contributed by atoms with Gasteiger partial charge < -0.3 is 5.32 Å². The summed E-state index contributed by atoms with van der Waals surface area (Å²) in [5, 5.41) is 2.70. The lowest BCUT2D eigenvalue weighted by Crippen LogP contribution is -2.33. The first kappa shape index (κ1) is 14.8. The van der Waals surface area contributed by atoms with Crippen molar-refractivity contribution < 1.29 is 13.2 Å². The molecule has 1 N–H and O–H groups in total. The SMILES string of the molecule is CCNC1CCCCCC1c1cnc(C(F)(F)F)s1. The fourth-order valence-corrected chi connectivity index (χ4v) is 3.73. The van der Waals surface area contributed by atoms with Gasteiger partial charge in [-0.05, 0) is 19.4 Å². The highest BCUT2D eigenvalue weighted by molar-refractivity contribution is 7.11. The molecule has 19 heavy (non-hydrogen) atoms. The molecule has 0 spiro atoms. The second kappa shape index (κ2) is 6.22. The number of alkyl halides is 3. The van der Waals surface area contributed by atoms with Crippen LogP contribution in [0.2, 0.25) is 0 Å². The second-order valence-electron chi connectivity index (χ2n) is 4.97. The average Bonchev–Trinajstić information content (AvgIpc) is 2.72. The number of rotatable bonds is 3. The lowest BCUT2D eigenvalue weighted by molar-refractivity contribution is -0.137. The minimum atomic E-state index is -4.32. The number of hydrogen-bond acceptors (Lipinski definition) is 3. The first-order valence-electron chi connectivity index (χ1n) is 6.78. The molecule has 0 aromatic carbocycles. The van der Waals surface area contributed by atoms with Crippen molar-refractivity contribution in [3.8, 4) is 0 Å². The molecule has 1 aliphatic carbocycles. The Hall–Kier alpha value is -0.620. The van der Waals surface area contributed by atoms with Crippen molar-refractivity contribution in [3.05, 3.63) is 16.1 Å². The molecule has 0 saturated heterocycles. The molecule has 0 amide bonds. The first-order chi connectivity index (χ1) is 9.02. The average molecular weight is 292 g/mol. The van der Waals surface area contributed by atoms with Crippen LogP contribution in [0, 0.1) is 0 Å². The van der Waals surface area contributed by atoms with Gasteiger partial charge in [0.2, 0.25) is 0 Å². The van der Waals surface area contributed by atoms with E-state index < -0.39 is 11.2 Å². The van der Waals surface area contributed by atoms with Crippen molar-refractivity contribution >= 4 is 11.3 Å². The van der Waals surface area contributed by atoms with Crippen LogP contribution in [-0.2, 0) is 6.18 Å². The molecular weight excluding hydrogens is 273 g/mol. The lowest BCUT2D eigenvalue weighted by Gasteiger charge is -2.24. The molecule has 0 radical (unpaired) electrons. The Balaban J connectivity index is 2.18. The fraction of sp³-hybridized carbons (Fsp3) is 0.769. The van der Waals surface area contributed by atoms with E-state index in [2.05, 4.69) is 10.3 Å². The molecule has 2 unspecified atom stereocenters. The lowest BCUT2D eigenvalue weighted by atomic mass is 9.93. The zero-order valence-corrected chi connectivity index (χ0v) is 11.8. The van der Waals surface area contributed by atoms with Crippen molar-refractivity contribution in [1.82, 2.24) is 10.3 Å². The third-order valence-electron chi connectivity index (χ3n) is 3.61. The molecule has 2 atom stereocenters. The van der Waals surface area contributed by atoms with Crippen molar-refractivity contribution in [2.45, 2.75) is 57.2 Å². The largest absolute Gasteiger partial charge is 0.443 e. The summed E-state index contributed by atoms with van der Waals surface area (Å²) in [5.74, 6) is 0.177. The summed E-state index contributed by atoms with van der Waals surface area (Å²) in [6.07, 6.45) is 2.51. The highest BCUT2D eigenvalue weighted by atomic mass is 32.1. The molecule has 1 heterocycles. The molecule has 0 aliphatic heterocycles. The Bertz CT molecular complexity index is 403. The van der Waals surface area contributed by atoms with Gasteiger partial charge in [0.05, 0.1) is 0 Å². The number of aromatic nitrogens is 1. The maximum atomic E-state index is 12.6. The van der Waals surface area contributed by atoms with E-state index in [0.717, 1.165) is 48.4 Å². The van der Waals surface area contributed by atoms with Crippen LogP contribution in [0.25, 0.3) is 0 Å². The van der Waals surface area contributed by atoms with E-state index >= 15 is 0 Å². The molecule has 1 saturated carbocycles. The van der Waals surface area contributed by atoms with Crippen molar-refractivity contribution in [2.75, 3.05) is 6.54 Å². The molecule has 1 aromatic rings. The van der Waals surface area contributed by atoms with Gasteiger partial charge in [0, 0.05) is 23.0 Å². The summed E-state index contributed by atoms with van der Waals surface area (Å²) < 4.78 is 37.9. The van der Waals surface area contributed by atoms with Crippen LogP contribution in [0.3, 0.4) is 0 Å². The Kier molecular flexibility index (Phi) is 4.84. The van der Waals surface area contributed by atoms with Gasteiger partial charge in [-0.15, -0.1) is 11.3 Å². The zero-order valence-electron chi connectivity index (χ0n) is 11.0. The zero-order chi connectivity index (χ0) is 13.9. The quantitative estimate of drug-likeness (QED) is 0.845. The van der Waals surface area contributed by atoms with E-state index in [-0.39, 0.29) is 12.0 Å². The van der Waals surface area contributed by atoms with Gasteiger partial charge in [0.15, 0.2) is 5.01 Å². The van der Waals surface area contributed by atoms with Gasteiger partial charge in [0.1, 0.15) is 0 Å². The van der Waals surface area contributed by atoms with Gasteiger partial charge in [0.25, 0.3) is 0 Å². The number of nitrogens with one attached hydrogen (secondary N) is 1. The molecule has 1 fully saturated rings. The number of nitrogens with zero attached hydrogens (tertiary/aromatic N) is 1. The number of thiazole rings is 1. The third-order valence-corrected chi connectivity index (χ3v) is 4.79. The summed E-state index contributed by atoms with van der Waals surface area (Å²) in [4.78, 5) is 4.33. The summed E-state index contributed by atoms with van der Waals surface area (Å²) >= 11 is 0.809. The standard InChI is InChI=1S/C13H19F3N2S/c1-2-17-10-7-5-3-4-6-9(10)11-8-18-12(19-11)13(14,15)16/h8-10,17H,2-7H2,1H3. The Morgan fingerprint density at radius 2 is 2.05 bits per heavy atom. The van der Waals surface area contributed by atoms with E-state index in [1.165, 1.54) is 12.6 Å². The molecule has 1 aliphatic rings. The highest BCUT2D eigenvalue weighted by Gasteiger charge is 2.36. The Morgan fingerprint density at radius 1 is 1.32 bits per heavy atom. The maximum Gasteiger partial charge on any atom is 0.443 e. The third kappa shape index (κ3) is 3.69. The normalized spacial score (nSPS) is 25.3. The predicted octanol–water partition coefficient (Wildman–Crippen LogP) is 4.19. The predicted molar refractivity (Wildman–Crippen MR) is 70.4 cm³/mol. The van der Waals surface area contributed by atoms with Crippen molar-refractivity contribution in [2.24, 2.45) is 0 Å². The van der Waals surface area contributed by atoms with E-state index in [0.29, 0.717) is 0 Å². The molecule has 2 rings (SSSR count). The van der Waals surface area contributed by atoms with Gasteiger partial charge in [-0.1, -0.05) is 26.2 Å². The van der Waals surface area contributed by atoms with E-state index in [9.17, 15) is 13.2 Å². The molecule has 108 valence electrons. The van der Waals surface area contributed by atoms with Gasteiger partial charge >= 0.3 is 6.18 Å². The van der Waals surface area contributed by atoms with Crippen LogP contribution in [0.15, 0.2) is 6.20 Å². The van der Waals surface area contributed by atoms with E-state index in [4.69, 9.17) is 0 Å². The Labute approximate surface area is 115 Å². The first-order valence-corrected chi connectivity index (χ1v) is 7.60. The summed E-state index contributed by atoms with van der Waals surface area (Å²) in [6, 6.07) is 0.286. The van der Waals surface area contributed by atoms with Gasteiger partial charge in [-0.25, -0.2) is 4.98 Å². The summed E-state index contributed by atoms with van der Waals surface area (Å²) in [6.45, 7) is 2.89. The van der Waals surface area contributed by atoms with E-state index in [1.807, 2.05) is 6.92 Å². The topological polar surface area (TPSA) is 24.9 Å². The van der Waals surface area contributed by atoms with Crippen LogP contribution in [0.5, 0.6) is 0 Å². The second-order valence-corrected chi connectivity index (χ2v) is 6.04. The minimum absolute atomic E-state index is 0.177. The van der Waals surface area contributed by atoms with E-state index in [1.54, 1.807) is 0 Å². The number of likely N-dealkylation sites (N-methyl/N-ethyl adjacent to an activating group) is 1. The number of halogens is 3. The minimum Gasteiger partial charge on any atom is -0.314 e.